The quantitative estimate of drug-likeness (QED) is 0.361. The van der Waals surface area contributed by atoms with Gasteiger partial charge >= 0.3 is 5.97 Å². The Balaban J connectivity index is 1.59. The van der Waals surface area contributed by atoms with Crippen molar-refractivity contribution >= 4 is 17.7 Å². The number of hydrogen-bond acceptors (Lipinski definition) is 4. The highest BCUT2D eigenvalue weighted by molar-refractivity contribution is 7.99. The van der Waals surface area contributed by atoms with Crippen molar-refractivity contribution < 1.29 is 14.3 Å². The van der Waals surface area contributed by atoms with E-state index in [1.54, 1.807) is 0 Å². The van der Waals surface area contributed by atoms with Gasteiger partial charge in [-0.3, -0.25) is 0 Å². The Morgan fingerprint density at radius 2 is 1.87 bits per heavy atom. The van der Waals surface area contributed by atoms with E-state index in [0.717, 1.165) is 36.6 Å². The summed E-state index contributed by atoms with van der Waals surface area (Å²) < 4.78 is 11.5. The Kier molecular flexibility index (Phi) is 5.42. The predicted molar refractivity (Wildman–Crippen MR) is 94.5 cm³/mol. The van der Waals surface area contributed by atoms with Crippen LogP contribution < -0.4 is 0 Å². The number of esters is 1. The molecule has 130 valence electrons. The van der Waals surface area contributed by atoms with Crippen molar-refractivity contribution in [3.05, 3.63) is 12.7 Å². The highest BCUT2D eigenvalue weighted by atomic mass is 32.2. The Labute approximate surface area is 144 Å². The monoisotopic (exact) mass is 338 g/mol. The zero-order valence-electron chi connectivity index (χ0n) is 14.4. The van der Waals surface area contributed by atoms with E-state index in [0.29, 0.717) is 12.0 Å². The van der Waals surface area contributed by atoms with Gasteiger partial charge in [-0.2, -0.15) is 11.8 Å². The number of hydrogen-bond donors (Lipinski definition) is 0. The number of ether oxygens (including phenoxy) is 2. The lowest BCUT2D eigenvalue weighted by atomic mass is 9.44. The first-order valence-corrected chi connectivity index (χ1v) is 10.2. The molecule has 0 radical (unpaired) electrons. The van der Waals surface area contributed by atoms with Gasteiger partial charge in [0.05, 0.1) is 19.8 Å². The van der Waals surface area contributed by atoms with Crippen molar-refractivity contribution in [2.45, 2.75) is 45.4 Å². The fourth-order valence-electron chi connectivity index (χ4n) is 5.82. The van der Waals surface area contributed by atoms with E-state index in [2.05, 4.69) is 13.5 Å². The molecule has 4 rings (SSSR count). The summed E-state index contributed by atoms with van der Waals surface area (Å²) in [6.07, 6.45) is 8.96. The second kappa shape index (κ2) is 7.18. The van der Waals surface area contributed by atoms with E-state index in [1.165, 1.54) is 44.6 Å². The lowest BCUT2D eigenvalue weighted by Crippen LogP contribution is -2.55. The SMILES string of the molecule is C=CC(=O)OCC12CC3CC(CC(COCCSCC)(C3)C1)C2. The lowest BCUT2D eigenvalue weighted by Gasteiger charge is -2.61. The topological polar surface area (TPSA) is 35.5 Å². The van der Waals surface area contributed by atoms with Crippen LogP contribution in [0.2, 0.25) is 0 Å². The van der Waals surface area contributed by atoms with Crippen LogP contribution in [0.3, 0.4) is 0 Å². The van der Waals surface area contributed by atoms with Crippen molar-refractivity contribution in [1.29, 1.82) is 0 Å². The molecule has 0 amide bonds. The van der Waals surface area contributed by atoms with Gasteiger partial charge in [-0.05, 0) is 61.5 Å². The maximum Gasteiger partial charge on any atom is 0.330 e. The van der Waals surface area contributed by atoms with Gasteiger partial charge in [0.15, 0.2) is 0 Å². The molecule has 0 N–H and O–H groups in total. The summed E-state index contributed by atoms with van der Waals surface area (Å²) in [5.74, 6) is 3.61. The Hall–Kier alpha value is -0.480. The van der Waals surface area contributed by atoms with Crippen LogP contribution in [0.15, 0.2) is 12.7 Å². The Bertz CT molecular complexity index is 434. The molecule has 2 unspecified atom stereocenters. The molecule has 0 saturated heterocycles. The molecular formula is C19H30O3S. The van der Waals surface area contributed by atoms with Crippen LogP contribution in [0.1, 0.15) is 45.4 Å². The van der Waals surface area contributed by atoms with E-state index >= 15 is 0 Å². The molecular weight excluding hydrogens is 308 g/mol. The minimum Gasteiger partial charge on any atom is -0.462 e. The average Bonchev–Trinajstić information content (AvgIpc) is 2.51. The molecule has 0 aromatic heterocycles. The summed E-state index contributed by atoms with van der Waals surface area (Å²) in [7, 11) is 0. The van der Waals surface area contributed by atoms with Gasteiger partial charge in [0.25, 0.3) is 0 Å². The van der Waals surface area contributed by atoms with Crippen LogP contribution in [0.25, 0.3) is 0 Å². The maximum absolute atomic E-state index is 11.5. The van der Waals surface area contributed by atoms with E-state index in [4.69, 9.17) is 9.47 Å². The molecule has 0 aromatic carbocycles. The van der Waals surface area contributed by atoms with E-state index < -0.39 is 0 Å². The van der Waals surface area contributed by atoms with Gasteiger partial charge in [-0.15, -0.1) is 0 Å². The van der Waals surface area contributed by atoms with Crippen LogP contribution >= 0.6 is 11.8 Å². The van der Waals surface area contributed by atoms with E-state index in [1.807, 2.05) is 11.8 Å². The summed E-state index contributed by atoms with van der Waals surface area (Å²) in [6.45, 7) is 8.06. The second-order valence-corrected chi connectivity index (χ2v) is 9.42. The third-order valence-corrected chi connectivity index (χ3v) is 6.84. The highest BCUT2D eigenvalue weighted by Crippen LogP contribution is 2.65. The van der Waals surface area contributed by atoms with Gasteiger partial charge in [-0.25, -0.2) is 4.79 Å². The molecule has 4 saturated carbocycles. The predicted octanol–water partition coefficient (Wildman–Crippen LogP) is 4.07. The summed E-state index contributed by atoms with van der Waals surface area (Å²) >= 11 is 1.95. The molecule has 0 heterocycles. The van der Waals surface area contributed by atoms with Gasteiger partial charge in [-0.1, -0.05) is 13.5 Å². The molecule has 3 nitrogen and oxygen atoms in total. The minimum absolute atomic E-state index is 0.213. The highest BCUT2D eigenvalue weighted by Gasteiger charge is 2.58. The molecule has 0 aromatic rings. The zero-order chi connectivity index (χ0) is 16.3. The molecule has 0 spiro atoms. The van der Waals surface area contributed by atoms with Crippen molar-refractivity contribution in [2.75, 3.05) is 31.3 Å². The molecule has 0 aliphatic heterocycles. The van der Waals surface area contributed by atoms with Crippen molar-refractivity contribution in [2.24, 2.45) is 22.7 Å². The van der Waals surface area contributed by atoms with Gasteiger partial charge in [0.2, 0.25) is 0 Å². The average molecular weight is 339 g/mol. The number of rotatable bonds is 9. The van der Waals surface area contributed by atoms with Crippen molar-refractivity contribution in [3.63, 3.8) is 0 Å². The van der Waals surface area contributed by atoms with Crippen molar-refractivity contribution in [1.82, 2.24) is 0 Å². The molecule has 4 fully saturated rings. The van der Waals surface area contributed by atoms with Crippen LogP contribution in [0.5, 0.6) is 0 Å². The van der Waals surface area contributed by atoms with E-state index in [-0.39, 0.29) is 11.4 Å². The Morgan fingerprint density at radius 3 is 2.48 bits per heavy atom. The van der Waals surface area contributed by atoms with E-state index in [9.17, 15) is 4.79 Å². The molecule has 23 heavy (non-hydrogen) atoms. The van der Waals surface area contributed by atoms with Crippen LogP contribution in [-0.2, 0) is 14.3 Å². The fraction of sp³-hybridized carbons (Fsp3) is 0.842. The van der Waals surface area contributed by atoms with Crippen LogP contribution in [-0.4, -0.2) is 37.3 Å². The number of carbonyl (C=O) groups is 1. The van der Waals surface area contributed by atoms with Crippen LogP contribution in [0, 0.1) is 22.7 Å². The molecule has 4 aliphatic rings. The zero-order valence-corrected chi connectivity index (χ0v) is 15.2. The third kappa shape index (κ3) is 3.96. The molecule has 4 heteroatoms. The van der Waals surface area contributed by atoms with Gasteiger partial charge in [0.1, 0.15) is 0 Å². The molecule has 2 atom stereocenters. The summed E-state index contributed by atoms with van der Waals surface area (Å²) in [6, 6.07) is 0. The summed E-state index contributed by atoms with van der Waals surface area (Å²) in [5.41, 5.74) is 0.561. The third-order valence-electron chi connectivity index (χ3n) is 5.98. The number of carbonyl (C=O) groups excluding carboxylic acids is 1. The van der Waals surface area contributed by atoms with Crippen molar-refractivity contribution in [3.8, 4) is 0 Å². The lowest BCUT2D eigenvalue weighted by molar-refractivity contribution is -0.169. The first-order valence-electron chi connectivity index (χ1n) is 9.03. The fourth-order valence-corrected chi connectivity index (χ4v) is 6.35. The molecule has 4 aliphatic carbocycles. The second-order valence-electron chi connectivity index (χ2n) is 8.02. The maximum atomic E-state index is 11.5. The van der Waals surface area contributed by atoms with Gasteiger partial charge in [0, 0.05) is 17.2 Å². The first kappa shape index (κ1) is 17.3. The normalized spacial score (nSPS) is 37.8. The smallest absolute Gasteiger partial charge is 0.330 e. The summed E-state index contributed by atoms with van der Waals surface area (Å²) in [5, 5.41) is 0. The van der Waals surface area contributed by atoms with Crippen LogP contribution in [0.4, 0.5) is 0 Å². The minimum atomic E-state index is -0.275. The standard InChI is InChI=1S/C19H30O3S/c1-3-17(20)22-14-19-10-15-7-16(11-19)9-18(8-15,12-19)13-21-5-6-23-4-2/h3,15-16H,1,4-14H2,2H3. The number of thioether (sulfide) groups is 1. The summed E-state index contributed by atoms with van der Waals surface area (Å²) in [4.78, 5) is 11.5. The Morgan fingerprint density at radius 1 is 1.22 bits per heavy atom. The van der Waals surface area contributed by atoms with Gasteiger partial charge < -0.3 is 9.47 Å². The first-order chi connectivity index (χ1) is 11.1. The largest absolute Gasteiger partial charge is 0.462 e. The molecule has 4 bridgehead atoms.